The van der Waals surface area contributed by atoms with E-state index in [1.807, 2.05) is 56.4 Å². The van der Waals surface area contributed by atoms with Crippen LogP contribution in [0.25, 0.3) is 10.9 Å². The maximum Gasteiger partial charge on any atom is 0.254 e. The van der Waals surface area contributed by atoms with E-state index in [9.17, 15) is 9.90 Å². The zero-order chi connectivity index (χ0) is 19.0. The molecule has 3 heterocycles. The fraction of sp³-hybridized carbons (Fsp3) is 0.318. The third kappa shape index (κ3) is 3.55. The molecule has 4 rings (SSSR count). The first-order chi connectivity index (χ1) is 13.0. The minimum Gasteiger partial charge on any atom is -0.391 e. The lowest BCUT2D eigenvalue weighted by Crippen LogP contribution is -2.29. The van der Waals surface area contributed by atoms with Crippen molar-refractivity contribution in [2.75, 3.05) is 13.1 Å². The Balaban J connectivity index is 1.53. The fourth-order valence-corrected chi connectivity index (χ4v) is 3.98. The minimum atomic E-state index is -0.523. The van der Waals surface area contributed by atoms with Gasteiger partial charge in [0.1, 0.15) is 0 Å². The monoisotopic (exact) mass is 361 g/mol. The number of aliphatic hydroxyl groups is 1. The van der Waals surface area contributed by atoms with Crippen LogP contribution in [0.5, 0.6) is 0 Å². The first-order valence-electron chi connectivity index (χ1n) is 9.26. The molecule has 0 radical (unpaired) electrons. The summed E-state index contributed by atoms with van der Waals surface area (Å²) in [5.41, 5.74) is 4.42. The highest BCUT2D eigenvalue weighted by Crippen LogP contribution is 2.26. The summed E-state index contributed by atoms with van der Waals surface area (Å²) in [6, 6.07) is 13.7. The molecule has 2 atom stereocenters. The normalized spacial score (nSPS) is 19.6. The Hall–Kier alpha value is -2.79. The number of amides is 1. The smallest absolute Gasteiger partial charge is 0.254 e. The van der Waals surface area contributed by atoms with Crippen LogP contribution in [0.2, 0.25) is 0 Å². The van der Waals surface area contributed by atoms with Gasteiger partial charge >= 0.3 is 0 Å². The van der Waals surface area contributed by atoms with Gasteiger partial charge in [-0.2, -0.15) is 0 Å². The van der Waals surface area contributed by atoms with Gasteiger partial charge in [-0.15, -0.1) is 0 Å². The van der Waals surface area contributed by atoms with Gasteiger partial charge in [0.05, 0.1) is 11.6 Å². The van der Waals surface area contributed by atoms with Crippen LogP contribution in [0.4, 0.5) is 0 Å². The van der Waals surface area contributed by atoms with Gasteiger partial charge in [0.15, 0.2) is 0 Å². The molecule has 138 valence electrons. The van der Waals surface area contributed by atoms with Crippen LogP contribution in [0, 0.1) is 19.8 Å². The summed E-state index contributed by atoms with van der Waals surface area (Å²) in [6.45, 7) is 4.70. The van der Waals surface area contributed by atoms with Crippen molar-refractivity contribution < 1.29 is 9.90 Å². The topological polar surface area (TPSA) is 66.3 Å². The van der Waals surface area contributed by atoms with E-state index in [1.54, 1.807) is 4.90 Å². The number of carbonyl (C=O) groups is 1. The van der Waals surface area contributed by atoms with Gasteiger partial charge in [-0.05, 0) is 50.1 Å². The molecule has 1 N–H and O–H groups in total. The van der Waals surface area contributed by atoms with E-state index in [1.165, 1.54) is 0 Å². The van der Waals surface area contributed by atoms with Crippen LogP contribution in [0.15, 0.2) is 48.7 Å². The molecule has 1 aliphatic heterocycles. The molecule has 5 nitrogen and oxygen atoms in total. The number of carbonyl (C=O) groups excluding carboxylic acids is 1. The molecule has 0 bridgehead atoms. The highest BCUT2D eigenvalue weighted by atomic mass is 16.3. The number of hydrogen-bond donors (Lipinski definition) is 1. The van der Waals surface area contributed by atoms with Gasteiger partial charge in [0, 0.05) is 47.5 Å². The largest absolute Gasteiger partial charge is 0.391 e. The summed E-state index contributed by atoms with van der Waals surface area (Å²) in [4.78, 5) is 23.4. The van der Waals surface area contributed by atoms with Crippen LogP contribution in [-0.2, 0) is 6.42 Å². The second kappa shape index (κ2) is 7.08. The molecule has 1 aliphatic rings. The van der Waals surface area contributed by atoms with E-state index in [4.69, 9.17) is 0 Å². The lowest BCUT2D eigenvalue weighted by Gasteiger charge is -2.17. The van der Waals surface area contributed by atoms with Crippen molar-refractivity contribution in [3.8, 4) is 0 Å². The van der Waals surface area contributed by atoms with E-state index < -0.39 is 6.10 Å². The van der Waals surface area contributed by atoms with Crippen molar-refractivity contribution in [2.24, 2.45) is 5.92 Å². The number of likely N-dealkylation sites (tertiary alicyclic amines) is 1. The van der Waals surface area contributed by atoms with Crippen LogP contribution in [0.1, 0.15) is 27.3 Å². The first-order valence-corrected chi connectivity index (χ1v) is 9.26. The van der Waals surface area contributed by atoms with E-state index in [2.05, 4.69) is 16.0 Å². The van der Waals surface area contributed by atoms with E-state index in [-0.39, 0.29) is 11.8 Å². The number of hydrogen-bond acceptors (Lipinski definition) is 4. The Morgan fingerprint density at radius 3 is 2.67 bits per heavy atom. The zero-order valence-corrected chi connectivity index (χ0v) is 15.6. The summed E-state index contributed by atoms with van der Waals surface area (Å²) in [5.74, 6) is -0.0199. The van der Waals surface area contributed by atoms with Crippen molar-refractivity contribution in [2.45, 2.75) is 26.4 Å². The molecule has 1 saturated heterocycles. The van der Waals surface area contributed by atoms with Crippen molar-refractivity contribution in [1.29, 1.82) is 0 Å². The molecule has 0 spiro atoms. The van der Waals surface area contributed by atoms with E-state index in [0.29, 0.717) is 18.7 Å². The Morgan fingerprint density at radius 2 is 1.89 bits per heavy atom. The van der Waals surface area contributed by atoms with Gasteiger partial charge in [0.2, 0.25) is 0 Å². The Bertz CT molecular complexity index is 976. The van der Waals surface area contributed by atoms with Crippen LogP contribution in [0.3, 0.4) is 0 Å². The minimum absolute atomic E-state index is 0.0174. The number of rotatable bonds is 3. The lowest BCUT2D eigenvalue weighted by molar-refractivity contribution is 0.0764. The maximum atomic E-state index is 12.9. The Morgan fingerprint density at radius 1 is 1.15 bits per heavy atom. The quantitative estimate of drug-likeness (QED) is 0.779. The fourth-order valence-electron chi connectivity index (χ4n) is 3.98. The van der Waals surface area contributed by atoms with Crippen LogP contribution in [-0.4, -0.2) is 45.1 Å². The number of β-amino-alcohol motifs (C(OH)–C–C–N with tert-alkyl or cyclic N) is 1. The Labute approximate surface area is 158 Å². The molecule has 5 heteroatoms. The molecule has 0 aliphatic carbocycles. The summed E-state index contributed by atoms with van der Waals surface area (Å²) < 4.78 is 0. The van der Waals surface area contributed by atoms with E-state index >= 15 is 0 Å². The van der Waals surface area contributed by atoms with Crippen LogP contribution < -0.4 is 0 Å². The van der Waals surface area contributed by atoms with Crippen molar-refractivity contribution >= 4 is 16.8 Å². The van der Waals surface area contributed by atoms with Crippen LogP contribution >= 0.6 is 0 Å². The zero-order valence-electron chi connectivity index (χ0n) is 15.6. The number of nitrogens with zero attached hydrogens (tertiary/aromatic N) is 3. The summed E-state index contributed by atoms with van der Waals surface area (Å²) in [7, 11) is 0. The average molecular weight is 361 g/mol. The molecular weight excluding hydrogens is 338 g/mol. The average Bonchev–Trinajstić information content (AvgIpc) is 3.01. The van der Waals surface area contributed by atoms with Gasteiger partial charge in [0.25, 0.3) is 5.91 Å². The third-order valence-corrected chi connectivity index (χ3v) is 5.24. The van der Waals surface area contributed by atoms with Gasteiger partial charge in [-0.1, -0.05) is 18.2 Å². The molecule has 1 aromatic carbocycles. The SMILES string of the molecule is Cc1cc(C(=O)N2C[C@@H](Cc3ccnc4ccccc34)[C@H](O)C2)cc(C)n1. The number of benzene rings is 1. The van der Waals surface area contributed by atoms with E-state index in [0.717, 1.165) is 34.3 Å². The standard InChI is InChI=1S/C22H23N3O2/c1-14-9-17(10-15(2)24-14)22(27)25-12-18(21(26)13-25)11-16-7-8-23-20-6-4-3-5-19(16)20/h3-10,18,21,26H,11-13H2,1-2H3/t18-,21-/m1/s1. The molecule has 0 unspecified atom stereocenters. The highest BCUT2D eigenvalue weighted by Gasteiger charge is 2.34. The van der Waals surface area contributed by atoms with Gasteiger partial charge in [-0.25, -0.2) is 0 Å². The number of fused-ring (bicyclic) bond motifs is 1. The molecule has 1 amide bonds. The molecule has 2 aromatic heterocycles. The van der Waals surface area contributed by atoms with Gasteiger partial charge in [-0.3, -0.25) is 14.8 Å². The second-order valence-electron chi connectivity index (χ2n) is 7.37. The number of pyridine rings is 2. The second-order valence-corrected chi connectivity index (χ2v) is 7.37. The maximum absolute atomic E-state index is 12.9. The predicted molar refractivity (Wildman–Crippen MR) is 105 cm³/mol. The number of aliphatic hydroxyl groups excluding tert-OH is 1. The molecular formula is C22H23N3O2. The third-order valence-electron chi connectivity index (χ3n) is 5.24. The van der Waals surface area contributed by atoms with Crippen molar-refractivity contribution in [1.82, 2.24) is 14.9 Å². The molecule has 0 saturated carbocycles. The number of aryl methyl sites for hydroxylation is 2. The number of para-hydroxylation sites is 1. The van der Waals surface area contributed by atoms with Crippen molar-refractivity contribution in [3.63, 3.8) is 0 Å². The molecule has 3 aromatic rings. The summed E-state index contributed by atoms with van der Waals surface area (Å²) in [5, 5.41) is 11.7. The predicted octanol–water partition coefficient (Wildman–Crippen LogP) is 2.92. The Kier molecular flexibility index (Phi) is 4.62. The summed E-state index contributed by atoms with van der Waals surface area (Å²) in [6.07, 6.45) is 2.01. The first kappa shape index (κ1) is 17.6. The van der Waals surface area contributed by atoms with Gasteiger partial charge < -0.3 is 10.0 Å². The number of aromatic nitrogens is 2. The molecule has 27 heavy (non-hydrogen) atoms. The highest BCUT2D eigenvalue weighted by molar-refractivity contribution is 5.94. The molecule has 1 fully saturated rings. The van der Waals surface area contributed by atoms with Crippen molar-refractivity contribution in [3.05, 3.63) is 71.2 Å². The lowest BCUT2D eigenvalue weighted by atomic mass is 9.94. The summed E-state index contributed by atoms with van der Waals surface area (Å²) >= 11 is 0.